The van der Waals surface area contributed by atoms with Crippen LogP contribution in [0.1, 0.15) is 38.5 Å². The van der Waals surface area contributed by atoms with Gasteiger partial charge < -0.3 is 24.5 Å². The van der Waals surface area contributed by atoms with E-state index >= 15 is 0 Å². The Morgan fingerprint density at radius 3 is 2.17 bits per heavy atom. The van der Waals surface area contributed by atoms with Crippen LogP contribution in [-0.2, 0) is 9.53 Å². The fourth-order valence-corrected chi connectivity index (χ4v) is 2.63. The molecule has 0 aliphatic heterocycles. The number of quaternary nitrogens is 1. The molecule has 23 heavy (non-hydrogen) atoms. The highest BCUT2D eigenvalue weighted by molar-refractivity contribution is 5.66. The number of rotatable bonds is 17. The van der Waals surface area contributed by atoms with Crippen molar-refractivity contribution in [3.05, 3.63) is 12.7 Å². The van der Waals surface area contributed by atoms with Crippen LogP contribution in [0.4, 0.5) is 0 Å². The Morgan fingerprint density at radius 2 is 1.61 bits per heavy atom. The lowest BCUT2D eigenvalue weighted by Crippen LogP contribution is -2.54. The third-order valence-electron chi connectivity index (χ3n) is 4.11. The molecule has 0 aromatic carbocycles. The van der Waals surface area contributed by atoms with E-state index in [4.69, 9.17) is 9.84 Å². The number of unbranched alkanes of at least 4 members (excludes halogenated alkanes) is 4. The normalized spacial score (nSPS) is 11.6. The lowest BCUT2D eigenvalue weighted by molar-refractivity contribution is -0.928. The number of carboxylic acids is 1. The first-order valence-corrected chi connectivity index (χ1v) is 8.57. The van der Waals surface area contributed by atoms with Gasteiger partial charge >= 0.3 is 5.97 Å². The number of carboxylic acid groups (broad SMARTS) is 1. The van der Waals surface area contributed by atoms with Gasteiger partial charge in [0.15, 0.2) is 0 Å². The second-order valence-corrected chi connectivity index (χ2v) is 5.93. The molecule has 0 aromatic rings. The first kappa shape index (κ1) is 22.1. The van der Waals surface area contributed by atoms with E-state index in [9.17, 15) is 15.0 Å². The Hall–Kier alpha value is -0.950. The van der Waals surface area contributed by atoms with Gasteiger partial charge in [0.2, 0.25) is 0 Å². The predicted octanol–water partition coefficient (Wildman–Crippen LogP) is 1.42. The lowest BCUT2D eigenvalue weighted by atomic mass is 10.1. The van der Waals surface area contributed by atoms with Crippen molar-refractivity contribution < 1.29 is 29.3 Å². The zero-order valence-electron chi connectivity index (χ0n) is 14.3. The molecule has 0 aliphatic rings. The minimum atomic E-state index is -0.858. The van der Waals surface area contributed by atoms with E-state index in [2.05, 4.69) is 6.58 Å². The molecule has 0 radical (unpaired) electrons. The van der Waals surface area contributed by atoms with Gasteiger partial charge in [-0.15, -0.1) is 6.58 Å². The zero-order valence-corrected chi connectivity index (χ0v) is 14.3. The molecular formula is C17H34NO5+. The number of aliphatic hydroxyl groups excluding tert-OH is 2. The minimum Gasteiger partial charge on any atom is -0.481 e. The number of carbonyl (C=O) groups is 1. The summed E-state index contributed by atoms with van der Waals surface area (Å²) in [4.78, 5) is 10.8. The fraction of sp³-hybridized carbons (Fsp3) is 0.824. The van der Waals surface area contributed by atoms with Crippen LogP contribution < -0.4 is 0 Å². The summed E-state index contributed by atoms with van der Waals surface area (Å²) in [5.74, 6) is -0.858. The number of ether oxygens (including phenoxy) is 1. The molecule has 3 N–H and O–H groups in total. The predicted molar refractivity (Wildman–Crippen MR) is 90.3 cm³/mol. The number of allylic oxidation sites excluding steroid dienone is 1. The molecule has 136 valence electrons. The summed E-state index contributed by atoms with van der Waals surface area (Å²) in [5, 5.41) is 27.4. The van der Waals surface area contributed by atoms with Gasteiger partial charge in [-0.2, -0.15) is 0 Å². The van der Waals surface area contributed by atoms with Crippen molar-refractivity contribution in [2.75, 3.05) is 52.6 Å². The lowest BCUT2D eigenvalue weighted by Gasteiger charge is -2.37. The van der Waals surface area contributed by atoms with Crippen LogP contribution in [0.25, 0.3) is 0 Å². The average Bonchev–Trinajstić information content (AvgIpc) is 2.52. The highest BCUT2D eigenvalue weighted by atomic mass is 16.5. The molecule has 6 heteroatoms. The molecule has 0 heterocycles. The van der Waals surface area contributed by atoms with E-state index in [0.717, 1.165) is 19.3 Å². The van der Waals surface area contributed by atoms with Crippen molar-refractivity contribution >= 4 is 5.97 Å². The summed E-state index contributed by atoms with van der Waals surface area (Å²) in [6.07, 6.45) is 7.55. The van der Waals surface area contributed by atoms with Crippen LogP contribution in [0.15, 0.2) is 12.7 Å². The maximum Gasteiger partial charge on any atom is 0.309 e. The monoisotopic (exact) mass is 332 g/mol. The molecule has 0 atom stereocenters. The summed E-state index contributed by atoms with van der Waals surface area (Å²) in [7, 11) is 0. The van der Waals surface area contributed by atoms with Gasteiger partial charge in [-0.25, -0.2) is 0 Å². The molecule has 0 bridgehead atoms. The molecule has 0 rings (SSSR count). The topological polar surface area (TPSA) is 87.0 Å². The van der Waals surface area contributed by atoms with Gasteiger partial charge in [-0.05, 0) is 19.3 Å². The summed E-state index contributed by atoms with van der Waals surface area (Å²) < 4.78 is 6.04. The molecular weight excluding hydrogens is 298 g/mol. The molecule has 0 unspecified atom stereocenters. The Kier molecular flexibility index (Phi) is 14.0. The standard InChI is InChI=1S/C17H33NO5/c1-2-3-4-5-6-7-15-23-16-12-18(10-13-19,11-14-20)9-8-17(21)22/h2,19-20H,1,3-16H2/p+1. The maximum absolute atomic E-state index is 10.8. The van der Waals surface area contributed by atoms with Gasteiger partial charge in [0.1, 0.15) is 19.6 Å². The molecule has 0 fully saturated rings. The highest BCUT2D eigenvalue weighted by Gasteiger charge is 2.27. The van der Waals surface area contributed by atoms with Crippen LogP contribution in [0, 0.1) is 0 Å². The number of hydrogen-bond acceptors (Lipinski definition) is 4. The van der Waals surface area contributed by atoms with Crippen molar-refractivity contribution in [3.63, 3.8) is 0 Å². The second-order valence-electron chi connectivity index (χ2n) is 5.93. The van der Waals surface area contributed by atoms with E-state index in [1.807, 2.05) is 6.08 Å². The SMILES string of the molecule is C=CCCCCCCOCC[N+](CCO)(CCO)CCC(=O)O. The molecule has 0 saturated heterocycles. The van der Waals surface area contributed by atoms with E-state index in [1.165, 1.54) is 12.8 Å². The van der Waals surface area contributed by atoms with Crippen molar-refractivity contribution in [1.82, 2.24) is 0 Å². The summed E-state index contributed by atoms with van der Waals surface area (Å²) in [6, 6.07) is 0. The largest absolute Gasteiger partial charge is 0.481 e. The molecule has 0 amide bonds. The van der Waals surface area contributed by atoms with Crippen LogP contribution in [0.5, 0.6) is 0 Å². The third kappa shape index (κ3) is 12.2. The van der Waals surface area contributed by atoms with Gasteiger partial charge in [-0.3, -0.25) is 4.79 Å². The second kappa shape index (κ2) is 14.6. The van der Waals surface area contributed by atoms with Crippen molar-refractivity contribution in [2.24, 2.45) is 0 Å². The van der Waals surface area contributed by atoms with Crippen LogP contribution >= 0.6 is 0 Å². The van der Waals surface area contributed by atoms with Gasteiger partial charge in [0, 0.05) is 6.61 Å². The summed E-state index contributed by atoms with van der Waals surface area (Å²) >= 11 is 0. The van der Waals surface area contributed by atoms with Gasteiger partial charge in [0.25, 0.3) is 0 Å². The smallest absolute Gasteiger partial charge is 0.309 e. The van der Waals surface area contributed by atoms with Crippen molar-refractivity contribution in [2.45, 2.75) is 38.5 Å². The number of nitrogens with zero attached hydrogens (tertiary/aromatic N) is 1. The van der Waals surface area contributed by atoms with Crippen LogP contribution in [0.3, 0.4) is 0 Å². The molecule has 0 aliphatic carbocycles. The summed E-state index contributed by atoms with van der Waals surface area (Å²) in [5.41, 5.74) is 0. The Balaban J connectivity index is 4.02. The average molecular weight is 332 g/mol. The quantitative estimate of drug-likeness (QED) is 0.213. The maximum atomic E-state index is 10.8. The Labute approximate surface area is 140 Å². The van der Waals surface area contributed by atoms with Gasteiger partial charge in [-0.1, -0.05) is 18.9 Å². The summed E-state index contributed by atoms with van der Waals surface area (Å²) in [6.45, 7) is 6.78. The van der Waals surface area contributed by atoms with Crippen LogP contribution in [0.2, 0.25) is 0 Å². The molecule has 0 aromatic heterocycles. The van der Waals surface area contributed by atoms with E-state index in [1.54, 1.807) is 0 Å². The van der Waals surface area contributed by atoms with E-state index in [-0.39, 0.29) is 19.6 Å². The van der Waals surface area contributed by atoms with E-state index in [0.29, 0.717) is 43.9 Å². The number of aliphatic carboxylic acids is 1. The van der Waals surface area contributed by atoms with Crippen molar-refractivity contribution in [1.29, 1.82) is 0 Å². The fourth-order valence-electron chi connectivity index (χ4n) is 2.63. The minimum absolute atomic E-state index is 0.0249. The Morgan fingerprint density at radius 1 is 0.957 bits per heavy atom. The zero-order chi connectivity index (χ0) is 17.4. The molecule has 0 spiro atoms. The number of hydrogen-bond donors (Lipinski definition) is 3. The van der Waals surface area contributed by atoms with Crippen molar-refractivity contribution in [3.8, 4) is 0 Å². The van der Waals surface area contributed by atoms with Crippen LogP contribution in [-0.4, -0.2) is 78.4 Å². The first-order valence-electron chi connectivity index (χ1n) is 8.57. The molecule has 0 saturated carbocycles. The molecule has 6 nitrogen and oxygen atoms in total. The third-order valence-corrected chi connectivity index (χ3v) is 4.11. The highest BCUT2D eigenvalue weighted by Crippen LogP contribution is 2.09. The Bertz CT molecular complexity index is 303. The van der Waals surface area contributed by atoms with E-state index < -0.39 is 5.97 Å². The first-order chi connectivity index (χ1) is 11.1. The van der Waals surface area contributed by atoms with Gasteiger partial charge in [0.05, 0.1) is 32.8 Å². The number of aliphatic hydroxyl groups is 2.